The van der Waals surface area contributed by atoms with Crippen molar-refractivity contribution in [3.63, 3.8) is 0 Å². The maximum absolute atomic E-state index is 11.6. The maximum Gasteiger partial charge on any atom is 0.326 e. The summed E-state index contributed by atoms with van der Waals surface area (Å²) in [5, 5.41) is 0. The molecule has 1 fully saturated rings. The van der Waals surface area contributed by atoms with Crippen LogP contribution in [0.2, 0.25) is 0 Å². The van der Waals surface area contributed by atoms with Gasteiger partial charge in [-0.3, -0.25) is 9.59 Å². The fraction of sp³-hybridized carbons (Fsp3) is 0.500. The van der Waals surface area contributed by atoms with Crippen LogP contribution in [0.3, 0.4) is 0 Å². The van der Waals surface area contributed by atoms with Gasteiger partial charge in [-0.2, -0.15) is 0 Å². The molecule has 6 heteroatoms. The number of carbonyl (C=O) groups excluding carboxylic acids is 1. The first-order valence-electron chi connectivity index (χ1n) is 5.88. The number of ether oxygens (including phenoxy) is 2. The smallest absolute Gasteiger partial charge is 0.326 e. The lowest BCUT2D eigenvalue weighted by atomic mass is 10.2. The van der Waals surface area contributed by atoms with Gasteiger partial charge in [-0.25, -0.2) is 0 Å². The summed E-state index contributed by atoms with van der Waals surface area (Å²) in [5.41, 5.74) is 5.70. The normalized spacial score (nSPS) is 18.8. The predicted octanol–water partition coefficient (Wildman–Crippen LogP) is 0.153. The van der Waals surface area contributed by atoms with Crippen LogP contribution in [0.4, 0.5) is 5.69 Å². The first-order chi connectivity index (χ1) is 8.65. The van der Waals surface area contributed by atoms with Gasteiger partial charge in [-0.05, 0) is 18.9 Å². The molecular formula is C12H16N2O4. The molecule has 1 saturated heterocycles. The first-order valence-corrected chi connectivity index (χ1v) is 5.88. The van der Waals surface area contributed by atoms with E-state index in [1.54, 1.807) is 0 Å². The zero-order valence-electron chi connectivity index (χ0n) is 10.0. The Morgan fingerprint density at radius 3 is 3.11 bits per heavy atom. The minimum absolute atomic E-state index is 0.00786. The molecule has 0 amide bonds. The molecule has 98 valence electrons. The molecule has 1 aliphatic heterocycles. The van der Waals surface area contributed by atoms with Gasteiger partial charge in [-0.15, -0.1) is 0 Å². The van der Waals surface area contributed by atoms with Gasteiger partial charge >= 0.3 is 5.97 Å². The monoisotopic (exact) mass is 252 g/mol. The van der Waals surface area contributed by atoms with E-state index in [1.165, 1.54) is 22.9 Å². The number of rotatable bonds is 4. The van der Waals surface area contributed by atoms with E-state index in [0.717, 1.165) is 19.4 Å². The number of hydrogen-bond donors (Lipinski definition) is 1. The largest absolute Gasteiger partial charge is 0.462 e. The van der Waals surface area contributed by atoms with E-state index in [9.17, 15) is 9.59 Å². The summed E-state index contributed by atoms with van der Waals surface area (Å²) in [7, 11) is 0. The average molecular weight is 252 g/mol. The van der Waals surface area contributed by atoms with Crippen molar-refractivity contribution in [2.45, 2.75) is 25.5 Å². The van der Waals surface area contributed by atoms with Crippen molar-refractivity contribution in [3.8, 4) is 0 Å². The first kappa shape index (κ1) is 12.6. The third kappa shape index (κ3) is 3.33. The average Bonchev–Trinajstić information content (AvgIpc) is 2.84. The Morgan fingerprint density at radius 2 is 2.39 bits per heavy atom. The minimum atomic E-state index is -0.460. The lowest BCUT2D eigenvalue weighted by molar-refractivity contribution is -0.147. The van der Waals surface area contributed by atoms with Crippen LogP contribution in [-0.2, 0) is 20.8 Å². The van der Waals surface area contributed by atoms with Gasteiger partial charge in [0.05, 0.1) is 6.10 Å². The van der Waals surface area contributed by atoms with Gasteiger partial charge in [0.15, 0.2) is 0 Å². The van der Waals surface area contributed by atoms with E-state index in [2.05, 4.69) is 0 Å². The Labute approximate surface area is 104 Å². The SMILES string of the molecule is Nc1ccc(=O)n(CC(=O)OCC2CCCO2)c1. The third-order valence-corrected chi connectivity index (χ3v) is 2.76. The molecule has 2 rings (SSSR count). The number of esters is 1. The Morgan fingerprint density at radius 1 is 1.56 bits per heavy atom. The molecule has 2 heterocycles. The Kier molecular flexibility index (Phi) is 3.99. The molecule has 6 nitrogen and oxygen atoms in total. The van der Waals surface area contributed by atoms with Crippen LogP contribution in [0.5, 0.6) is 0 Å². The molecule has 2 N–H and O–H groups in total. The fourth-order valence-electron chi connectivity index (χ4n) is 1.82. The lowest BCUT2D eigenvalue weighted by Crippen LogP contribution is -2.26. The van der Waals surface area contributed by atoms with Gasteiger partial charge in [0, 0.05) is 24.6 Å². The molecular weight excluding hydrogens is 236 g/mol. The van der Waals surface area contributed by atoms with Gasteiger partial charge in [0.2, 0.25) is 0 Å². The van der Waals surface area contributed by atoms with E-state index in [0.29, 0.717) is 5.69 Å². The lowest BCUT2D eigenvalue weighted by Gasteiger charge is -2.11. The standard InChI is InChI=1S/C12H16N2O4/c13-9-3-4-11(15)14(6-9)7-12(16)18-8-10-2-1-5-17-10/h3-4,6,10H,1-2,5,7-8,13H2. The zero-order chi connectivity index (χ0) is 13.0. The molecule has 1 aromatic heterocycles. The van der Waals surface area contributed by atoms with E-state index in [1.807, 2.05) is 0 Å². The van der Waals surface area contributed by atoms with Crippen LogP contribution < -0.4 is 11.3 Å². The van der Waals surface area contributed by atoms with Crippen LogP contribution in [0.25, 0.3) is 0 Å². The van der Waals surface area contributed by atoms with Crippen molar-refractivity contribution in [2.24, 2.45) is 0 Å². The molecule has 1 aliphatic rings. The highest BCUT2D eigenvalue weighted by Gasteiger charge is 2.17. The highest BCUT2D eigenvalue weighted by atomic mass is 16.6. The van der Waals surface area contributed by atoms with Crippen molar-refractivity contribution < 1.29 is 14.3 Å². The van der Waals surface area contributed by atoms with Crippen LogP contribution in [-0.4, -0.2) is 29.9 Å². The highest BCUT2D eigenvalue weighted by Crippen LogP contribution is 2.12. The number of nitrogen functional groups attached to an aromatic ring is 1. The number of hydrogen-bond acceptors (Lipinski definition) is 5. The highest BCUT2D eigenvalue weighted by molar-refractivity contribution is 5.69. The third-order valence-electron chi connectivity index (χ3n) is 2.76. The number of nitrogens with zero attached hydrogens (tertiary/aromatic N) is 1. The summed E-state index contributed by atoms with van der Waals surface area (Å²) in [6.07, 6.45) is 3.32. The van der Waals surface area contributed by atoms with E-state index in [-0.39, 0.29) is 24.8 Å². The number of carbonyl (C=O) groups is 1. The minimum Gasteiger partial charge on any atom is -0.462 e. The van der Waals surface area contributed by atoms with E-state index < -0.39 is 5.97 Å². The summed E-state index contributed by atoms with van der Waals surface area (Å²) in [6.45, 7) is 0.837. The summed E-state index contributed by atoms with van der Waals surface area (Å²) in [5.74, 6) is -0.460. The maximum atomic E-state index is 11.6. The van der Waals surface area contributed by atoms with Crippen molar-refractivity contribution >= 4 is 11.7 Å². The molecule has 1 unspecified atom stereocenters. The molecule has 0 aromatic carbocycles. The van der Waals surface area contributed by atoms with Gasteiger partial charge < -0.3 is 19.8 Å². The van der Waals surface area contributed by atoms with Crippen molar-refractivity contribution in [2.75, 3.05) is 18.9 Å². The van der Waals surface area contributed by atoms with Gasteiger partial charge in [-0.1, -0.05) is 0 Å². The summed E-state index contributed by atoms with van der Waals surface area (Å²) in [6, 6.07) is 2.82. The van der Waals surface area contributed by atoms with Crippen molar-refractivity contribution in [1.29, 1.82) is 0 Å². The number of pyridine rings is 1. The second kappa shape index (κ2) is 5.68. The second-order valence-electron chi connectivity index (χ2n) is 4.25. The van der Waals surface area contributed by atoms with E-state index in [4.69, 9.17) is 15.2 Å². The Bertz CT molecular complexity index is 477. The number of anilines is 1. The Balaban J connectivity index is 1.86. The molecule has 18 heavy (non-hydrogen) atoms. The molecule has 0 bridgehead atoms. The zero-order valence-corrected chi connectivity index (χ0v) is 10.0. The Hall–Kier alpha value is -1.82. The molecule has 1 aromatic rings. The quantitative estimate of drug-likeness (QED) is 0.771. The van der Waals surface area contributed by atoms with Crippen molar-refractivity contribution in [1.82, 2.24) is 4.57 Å². The second-order valence-corrected chi connectivity index (χ2v) is 4.25. The molecule has 0 spiro atoms. The molecule has 1 atom stereocenters. The molecule has 0 saturated carbocycles. The van der Waals surface area contributed by atoms with E-state index >= 15 is 0 Å². The van der Waals surface area contributed by atoms with Gasteiger partial charge in [0.25, 0.3) is 5.56 Å². The summed E-state index contributed by atoms with van der Waals surface area (Å²) >= 11 is 0. The van der Waals surface area contributed by atoms with Gasteiger partial charge in [0.1, 0.15) is 13.2 Å². The van der Waals surface area contributed by atoms with Crippen LogP contribution in [0.1, 0.15) is 12.8 Å². The number of nitrogens with two attached hydrogens (primary N) is 1. The fourth-order valence-corrected chi connectivity index (χ4v) is 1.82. The van der Waals surface area contributed by atoms with Crippen molar-refractivity contribution in [3.05, 3.63) is 28.7 Å². The topological polar surface area (TPSA) is 83.6 Å². The number of aromatic nitrogens is 1. The van der Waals surface area contributed by atoms with Crippen LogP contribution in [0, 0.1) is 0 Å². The molecule has 0 radical (unpaired) electrons. The molecule has 0 aliphatic carbocycles. The van der Waals surface area contributed by atoms with Crippen LogP contribution >= 0.6 is 0 Å². The predicted molar refractivity (Wildman–Crippen MR) is 65.0 cm³/mol. The summed E-state index contributed by atoms with van der Waals surface area (Å²) in [4.78, 5) is 23.0. The summed E-state index contributed by atoms with van der Waals surface area (Å²) < 4.78 is 11.6. The van der Waals surface area contributed by atoms with Crippen LogP contribution in [0.15, 0.2) is 23.1 Å².